The molecule has 3 rings (SSSR count). The smallest absolute Gasteiger partial charge is 0.251 e. The Balaban J connectivity index is 2.10. The molecule has 0 aliphatic carbocycles. The van der Waals surface area contributed by atoms with Crippen LogP contribution in [0.5, 0.6) is 5.75 Å². The first kappa shape index (κ1) is 13.9. The molecule has 3 aromatic rings. The van der Waals surface area contributed by atoms with Gasteiger partial charge in [-0.25, -0.2) is 4.98 Å². The fourth-order valence-corrected chi connectivity index (χ4v) is 2.23. The summed E-state index contributed by atoms with van der Waals surface area (Å²) in [5.41, 5.74) is 8.39. The van der Waals surface area contributed by atoms with Crippen LogP contribution >= 0.6 is 0 Å². The molecule has 0 fully saturated rings. The van der Waals surface area contributed by atoms with Crippen molar-refractivity contribution in [2.24, 2.45) is 0 Å². The zero-order chi connectivity index (χ0) is 15.5. The first-order valence-electron chi connectivity index (χ1n) is 6.78. The molecule has 22 heavy (non-hydrogen) atoms. The summed E-state index contributed by atoms with van der Waals surface area (Å²) in [4.78, 5) is 19.2. The van der Waals surface area contributed by atoms with Crippen LogP contribution in [0.1, 0.15) is 0 Å². The Bertz CT molecular complexity index is 857. The van der Waals surface area contributed by atoms with Gasteiger partial charge in [-0.05, 0) is 18.2 Å². The molecule has 110 valence electrons. The Morgan fingerprint density at radius 2 is 1.82 bits per heavy atom. The molecule has 0 aliphatic heterocycles. The van der Waals surface area contributed by atoms with Gasteiger partial charge in [0.15, 0.2) is 0 Å². The lowest BCUT2D eigenvalue weighted by Crippen LogP contribution is -2.08. The second-order valence-electron chi connectivity index (χ2n) is 4.80. The van der Waals surface area contributed by atoms with Crippen molar-refractivity contribution in [3.63, 3.8) is 0 Å². The number of aromatic amines is 1. The first-order chi connectivity index (χ1) is 10.7. The minimum Gasteiger partial charge on any atom is -0.495 e. The standard InChI is InChI=1S/C17H15N3O2/c1-22-15-8-7-12(9-13(15)18)14-10-16(21)20-17(19-14)11-5-3-2-4-6-11/h2-10H,18H2,1H3,(H,19,20,21). The van der Waals surface area contributed by atoms with Gasteiger partial charge >= 0.3 is 0 Å². The number of nitrogens with one attached hydrogen (secondary N) is 1. The fraction of sp³-hybridized carbons (Fsp3) is 0.0588. The minimum atomic E-state index is -0.210. The number of ether oxygens (including phenoxy) is 1. The van der Waals surface area contributed by atoms with E-state index in [0.717, 1.165) is 11.1 Å². The number of aromatic nitrogens is 2. The Morgan fingerprint density at radius 1 is 1.05 bits per heavy atom. The quantitative estimate of drug-likeness (QED) is 0.727. The van der Waals surface area contributed by atoms with Crippen LogP contribution in [0.25, 0.3) is 22.6 Å². The zero-order valence-electron chi connectivity index (χ0n) is 12.0. The zero-order valence-corrected chi connectivity index (χ0v) is 12.0. The Labute approximate surface area is 127 Å². The van der Waals surface area contributed by atoms with Crippen molar-refractivity contribution >= 4 is 5.69 Å². The van der Waals surface area contributed by atoms with Crippen LogP contribution in [-0.4, -0.2) is 17.1 Å². The van der Waals surface area contributed by atoms with Crippen LogP contribution in [0, 0.1) is 0 Å². The third-order valence-electron chi connectivity index (χ3n) is 3.31. The highest BCUT2D eigenvalue weighted by molar-refractivity contribution is 5.69. The van der Waals surface area contributed by atoms with E-state index in [1.165, 1.54) is 6.07 Å². The number of nitrogen functional groups attached to an aromatic ring is 1. The van der Waals surface area contributed by atoms with Gasteiger partial charge in [-0.1, -0.05) is 30.3 Å². The van der Waals surface area contributed by atoms with Crippen molar-refractivity contribution in [1.29, 1.82) is 0 Å². The van der Waals surface area contributed by atoms with Crippen molar-refractivity contribution < 1.29 is 4.74 Å². The molecule has 0 radical (unpaired) electrons. The highest BCUT2D eigenvalue weighted by atomic mass is 16.5. The van der Waals surface area contributed by atoms with E-state index in [-0.39, 0.29) is 5.56 Å². The Morgan fingerprint density at radius 3 is 2.50 bits per heavy atom. The molecule has 0 saturated carbocycles. The largest absolute Gasteiger partial charge is 0.495 e. The molecule has 0 spiro atoms. The fourth-order valence-electron chi connectivity index (χ4n) is 2.23. The first-order valence-corrected chi connectivity index (χ1v) is 6.78. The lowest BCUT2D eigenvalue weighted by atomic mass is 10.1. The van der Waals surface area contributed by atoms with Crippen molar-refractivity contribution in [1.82, 2.24) is 9.97 Å². The van der Waals surface area contributed by atoms with Gasteiger partial charge < -0.3 is 15.5 Å². The van der Waals surface area contributed by atoms with Crippen LogP contribution in [-0.2, 0) is 0 Å². The van der Waals surface area contributed by atoms with Crippen LogP contribution in [0.2, 0.25) is 0 Å². The number of nitrogens with zero attached hydrogens (tertiary/aromatic N) is 1. The van der Waals surface area contributed by atoms with E-state index in [2.05, 4.69) is 9.97 Å². The normalized spacial score (nSPS) is 10.4. The number of nitrogens with two attached hydrogens (primary N) is 1. The van der Waals surface area contributed by atoms with Crippen LogP contribution < -0.4 is 16.0 Å². The lowest BCUT2D eigenvalue weighted by molar-refractivity contribution is 0.417. The molecule has 0 atom stereocenters. The number of anilines is 1. The van der Waals surface area contributed by atoms with Gasteiger partial charge in [0.1, 0.15) is 11.6 Å². The van der Waals surface area contributed by atoms with Crippen molar-refractivity contribution in [3.8, 4) is 28.4 Å². The van der Waals surface area contributed by atoms with E-state index < -0.39 is 0 Å². The third kappa shape index (κ3) is 2.69. The number of H-pyrrole nitrogens is 1. The molecule has 0 saturated heterocycles. The maximum absolute atomic E-state index is 11.9. The molecule has 0 bridgehead atoms. The summed E-state index contributed by atoms with van der Waals surface area (Å²) in [6.07, 6.45) is 0. The van der Waals surface area contributed by atoms with E-state index in [4.69, 9.17) is 10.5 Å². The van der Waals surface area contributed by atoms with E-state index in [1.807, 2.05) is 36.4 Å². The van der Waals surface area contributed by atoms with Gasteiger partial charge in [0.2, 0.25) is 0 Å². The van der Waals surface area contributed by atoms with Crippen molar-refractivity contribution in [2.75, 3.05) is 12.8 Å². The van der Waals surface area contributed by atoms with Crippen LogP contribution in [0.4, 0.5) is 5.69 Å². The van der Waals surface area contributed by atoms with Crippen molar-refractivity contribution in [3.05, 3.63) is 65.0 Å². The van der Waals surface area contributed by atoms with E-state index >= 15 is 0 Å². The summed E-state index contributed by atoms with van der Waals surface area (Å²) in [7, 11) is 1.56. The topological polar surface area (TPSA) is 81.0 Å². The Kier molecular flexibility index (Phi) is 3.62. The van der Waals surface area contributed by atoms with Crippen molar-refractivity contribution in [2.45, 2.75) is 0 Å². The molecule has 0 aliphatic rings. The molecule has 1 heterocycles. The molecule has 1 aromatic heterocycles. The number of methoxy groups -OCH3 is 1. The molecule has 0 amide bonds. The van der Waals surface area contributed by atoms with Gasteiger partial charge in [-0.2, -0.15) is 0 Å². The lowest BCUT2D eigenvalue weighted by Gasteiger charge is -2.08. The van der Waals surface area contributed by atoms with E-state index in [0.29, 0.717) is 23.0 Å². The highest BCUT2D eigenvalue weighted by Gasteiger charge is 2.08. The van der Waals surface area contributed by atoms with E-state index in [9.17, 15) is 4.79 Å². The molecule has 3 N–H and O–H groups in total. The molecule has 0 unspecified atom stereocenters. The summed E-state index contributed by atoms with van der Waals surface area (Å²) < 4.78 is 5.14. The third-order valence-corrected chi connectivity index (χ3v) is 3.31. The molecular formula is C17H15N3O2. The Hall–Kier alpha value is -3.08. The molecule has 5 nitrogen and oxygen atoms in total. The average molecular weight is 293 g/mol. The predicted octanol–water partition coefficient (Wildman–Crippen LogP) is 2.69. The second kappa shape index (κ2) is 5.73. The summed E-state index contributed by atoms with van der Waals surface area (Å²) in [5, 5.41) is 0. The van der Waals surface area contributed by atoms with Gasteiger partial charge in [0.05, 0.1) is 18.5 Å². The number of hydrogen-bond donors (Lipinski definition) is 2. The molecule has 5 heteroatoms. The van der Waals surface area contributed by atoms with Gasteiger partial charge in [-0.15, -0.1) is 0 Å². The summed E-state index contributed by atoms with van der Waals surface area (Å²) in [6.45, 7) is 0. The SMILES string of the molecule is COc1ccc(-c2cc(=O)[nH]c(-c3ccccc3)n2)cc1N. The maximum Gasteiger partial charge on any atom is 0.251 e. The van der Waals surface area contributed by atoms with Crippen LogP contribution in [0.3, 0.4) is 0 Å². The van der Waals surface area contributed by atoms with Gasteiger partial charge in [0.25, 0.3) is 5.56 Å². The monoisotopic (exact) mass is 293 g/mol. The van der Waals surface area contributed by atoms with E-state index in [1.54, 1.807) is 19.2 Å². The summed E-state index contributed by atoms with van der Waals surface area (Å²) in [6, 6.07) is 16.3. The molecular weight excluding hydrogens is 278 g/mol. The second-order valence-corrected chi connectivity index (χ2v) is 4.80. The minimum absolute atomic E-state index is 0.210. The average Bonchev–Trinajstić information content (AvgIpc) is 2.55. The molecule has 2 aromatic carbocycles. The number of benzene rings is 2. The predicted molar refractivity (Wildman–Crippen MR) is 86.7 cm³/mol. The summed E-state index contributed by atoms with van der Waals surface area (Å²) >= 11 is 0. The van der Waals surface area contributed by atoms with Crippen LogP contribution in [0.15, 0.2) is 59.4 Å². The number of rotatable bonds is 3. The van der Waals surface area contributed by atoms with Gasteiger partial charge in [0, 0.05) is 17.2 Å². The maximum atomic E-state index is 11.9. The van der Waals surface area contributed by atoms with Gasteiger partial charge in [-0.3, -0.25) is 4.79 Å². The number of hydrogen-bond acceptors (Lipinski definition) is 4. The highest BCUT2D eigenvalue weighted by Crippen LogP contribution is 2.27. The summed E-state index contributed by atoms with van der Waals surface area (Å²) in [5.74, 6) is 1.12.